The number of aromatic nitrogens is 1. The zero-order valence-corrected chi connectivity index (χ0v) is 34.6. The molecule has 59 heavy (non-hydrogen) atoms. The van der Waals surface area contributed by atoms with Crippen LogP contribution in [-0.2, 0) is 29.1 Å². The van der Waals surface area contributed by atoms with E-state index in [9.17, 15) is 45.2 Å². The van der Waals surface area contributed by atoms with Crippen molar-refractivity contribution in [1.82, 2.24) is 25.2 Å². The van der Waals surface area contributed by atoms with Gasteiger partial charge in [-0.2, -0.15) is 18.2 Å². The lowest BCUT2D eigenvalue weighted by atomic mass is 9.85. The van der Waals surface area contributed by atoms with Crippen molar-refractivity contribution in [2.45, 2.75) is 126 Å². The number of nitrogens with one attached hydrogen (secondary N) is 3. The minimum atomic E-state index is -4.94. The average molecular weight is 854 g/mol. The first-order chi connectivity index (χ1) is 27.5. The number of ether oxygens (including phenoxy) is 3. The van der Waals surface area contributed by atoms with Crippen LogP contribution in [0.5, 0.6) is 11.8 Å². The number of hydrogen-bond donors (Lipinski definition) is 3. The van der Waals surface area contributed by atoms with Gasteiger partial charge in [0.15, 0.2) is 0 Å². The summed E-state index contributed by atoms with van der Waals surface area (Å²) >= 11 is 0. The van der Waals surface area contributed by atoms with Crippen LogP contribution in [-0.4, -0.2) is 96.0 Å². The van der Waals surface area contributed by atoms with Crippen molar-refractivity contribution in [3.05, 3.63) is 42.2 Å². The summed E-state index contributed by atoms with van der Waals surface area (Å²) in [7, 11) is -2.75. The summed E-state index contributed by atoms with van der Waals surface area (Å²) < 4.78 is 99.5. The predicted molar refractivity (Wildman–Crippen MR) is 206 cm³/mol. The number of sulfonamides is 1. The number of hydrogen-bond acceptors (Lipinski definition) is 10. The molecule has 2 aliphatic carbocycles. The van der Waals surface area contributed by atoms with E-state index < -0.39 is 91.7 Å². The molecule has 2 saturated carbocycles. The summed E-state index contributed by atoms with van der Waals surface area (Å²) in [6, 6.07) is 2.53. The van der Waals surface area contributed by atoms with Gasteiger partial charge in [0.1, 0.15) is 29.5 Å². The van der Waals surface area contributed by atoms with Crippen molar-refractivity contribution in [2.24, 2.45) is 17.8 Å². The summed E-state index contributed by atoms with van der Waals surface area (Å²) in [6.45, 7) is 6.29. The lowest BCUT2D eigenvalue weighted by Gasteiger charge is -2.35. The van der Waals surface area contributed by atoms with E-state index in [0.717, 1.165) is 4.90 Å². The summed E-state index contributed by atoms with van der Waals surface area (Å²) in [5, 5.41) is 5.94. The van der Waals surface area contributed by atoms with E-state index in [-0.39, 0.29) is 37.1 Å². The number of halogens is 4. The van der Waals surface area contributed by atoms with Crippen LogP contribution in [0.1, 0.15) is 86.0 Å². The first-order valence-electron chi connectivity index (χ1n) is 19.8. The smallest absolute Gasteiger partial charge is 0.427 e. The Morgan fingerprint density at radius 3 is 2.47 bits per heavy atom. The van der Waals surface area contributed by atoms with E-state index in [1.165, 1.54) is 38.3 Å². The molecule has 1 unspecified atom stereocenters. The molecule has 2 aliphatic heterocycles. The highest BCUT2D eigenvalue weighted by Crippen LogP contribution is 2.48. The van der Waals surface area contributed by atoms with Crippen LogP contribution in [0.3, 0.4) is 0 Å². The number of carbonyl (C=O) groups excluding carboxylic acids is 4. The zero-order chi connectivity index (χ0) is 43.3. The molecule has 1 saturated heterocycles. The molecule has 3 heterocycles. The van der Waals surface area contributed by atoms with Crippen molar-refractivity contribution < 1.29 is 59.4 Å². The highest BCUT2D eigenvalue weighted by atomic mass is 32.2. The van der Waals surface area contributed by atoms with E-state index in [1.807, 2.05) is 13.0 Å². The van der Waals surface area contributed by atoms with Gasteiger partial charge in [-0.25, -0.2) is 17.6 Å². The molecular weight excluding hydrogens is 803 g/mol. The zero-order valence-electron chi connectivity index (χ0n) is 33.8. The second-order valence-electron chi connectivity index (χ2n) is 17.0. The van der Waals surface area contributed by atoms with Gasteiger partial charge in [0, 0.05) is 23.8 Å². The topological polar surface area (TPSA) is 182 Å². The summed E-state index contributed by atoms with van der Waals surface area (Å²) in [5.41, 5.74) is -4.59. The maximum absolute atomic E-state index is 14.9. The Morgan fingerprint density at radius 2 is 1.83 bits per heavy atom. The van der Waals surface area contributed by atoms with Crippen molar-refractivity contribution in [3.8, 4) is 11.8 Å². The number of carbonyl (C=O) groups is 4. The van der Waals surface area contributed by atoms with Gasteiger partial charge >= 0.3 is 12.3 Å². The molecule has 19 heteroatoms. The Bertz CT molecular complexity index is 2130. The monoisotopic (exact) mass is 853 g/mol. The molecule has 4 aliphatic rings. The van der Waals surface area contributed by atoms with E-state index in [0.29, 0.717) is 63.1 Å². The number of allylic oxidation sites excluding steroid dienone is 1. The fraction of sp³-hybridized carbons (Fsp3) is 0.625. The Balaban J connectivity index is 1.38. The van der Waals surface area contributed by atoms with E-state index in [2.05, 4.69) is 20.3 Å². The average Bonchev–Trinajstić information content (AvgIpc) is 4.03. The first kappa shape index (κ1) is 43.9. The molecule has 3 N–H and O–H groups in total. The van der Waals surface area contributed by atoms with Gasteiger partial charge in [-0.15, -0.1) is 0 Å². The molecule has 324 valence electrons. The van der Waals surface area contributed by atoms with Gasteiger partial charge in [0.25, 0.3) is 5.91 Å². The third-order valence-electron chi connectivity index (χ3n) is 12.1. The quantitative estimate of drug-likeness (QED) is 0.217. The number of rotatable bonds is 9. The number of methoxy groups -OCH3 is 1. The Labute approximate surface area is 340 Å². The summed E-state index contributed by atoms with van der Waals surface area (Å²) in [4.78, 5) is 62.2. The fourth-order valence-electron chi connectivity index (χ4n) is 7.79. The maximum Gasteiger partial charge on any atom is 0.427 e. The van der Waals surface area contributed by atoms with Gasteiger partial charge < -0.3 is 29.7 Å². The summed E-state index contributed by atoms with van der Waals surface area (Å²) in [5.74, 6) is -4.29. The predicted octanol–water partition coefficient (Wildman–Crippen LogP) is 5.44. The van der Waals surface area contributed by atoms with Gasteiger partial charge in [-0.3, -0.25) is 19.1 Å². The number of alkyl halides is 3. The van der Waals surface area contributed by atoms with Crippen LogP contribution in [0, 0.1) is 23.6 Å². The van der Waals surface area contributed by atoms with Gasteiger partial charge in [0.2, 0.25) is 39.2 Å². The molecule has 1 aromatic carbocycles. The first-order valence-corrected chi connectivity index (χ1v) is 21.2. The second-order valence-corrected chi connectivity index (χ2v) is 19.2. The minimum absolute atomic E-state index is 0.00476. The van der Waals surface area contributed by atoms with E-state index in [4.69, 9.17) is 14.2 Å². The third-order valence-corrected chi connectivity index (χ3v) is 14.3. The highest BCUT2D eigenvalue weighted by Gasteiger charge is 2.63. The molecule has 0 bridgehead atoms. The molecular formula is C40H51F4N5O9S. The molecule has 4 amide bonds. The molecule has 3 fully saturated rings. The molecule has 1 aromatic heterocycles. The number of fused-ring (bicyclic) bond motifs is 3. The van der Waals surface area contributed by atoms with Gasteiger partial charge in [-0.1, -0.05) is 32.4 Å². The normalized spacial score (nSPS) is 29.2. The van der Waals surface area contributed by atoms with Crippen LogP contribution in [0.15, 0.2) is 36.4 Å². The maximum atomic E-state index is 14.9. The number of nitrogens with zero attached hydrogens (tertiary/aromatic N) is 2. The number of benzene rings is 1. The third kappa shape index (κ3) is 9.09. The van der Waals surface area contributed by atoms with Crippen LogP contribution in [0.25, 0.3) is 10.8 Å². The van der Waals surface area contributed by atoms with Gasteiger partial charge in [0.05, 0.1) is 18.4 Å². The Hall–Kier alpha value is -4.68. The molecule has 0 spiro atoms. The Morgan fingerprint density at radius 1 is 1.12 bits per heavy atom. The minimum Gasteiger partial charge on any atom is -0.481 e. The van der Waals surface area contributed by atoms with Gasteiger partial charge in [-0.05, 0) is 94.7 Å². The molecule has 7 atom stereocenters. The molecule has 2 aromatic rings. The van der Waals surface area contributed by atoms with Crippen LogP contribution in [0.4, 0.5) is 22.4 Å². The van der Waals surface area contributed by atoms with Crippen LogP contribution in [0.2, 0.25) is 0 Å². The Kier molecular flexibility index (Phi) is 11.9. The van der Waals surface area contributed by atoms with Crippen molar-refractivity contribution in [3.63, 3.8) is 0 Å². The fourth-order valence-corrected chi connectivity index (χ4v) is 9.10. The number of amides is 4. The van der Waals surface area contributed by atoms with Crippen LogP contribution >= 0.6 is 0 Å². The standard InChI is InChI=1S/C40H51F4N5O9S/c1-7-23-16-22(2)10-8-9-11-25-20-39(25,35(52)48-59(54,55)38(5)14-15-38)47-32(50)29-19-27(57-33-28-13-12-26(41)17-24(28)18-30(45-33)56-6)21-49(29)34(51)31(23)46-36(53)58-37(3,4)40(42,43)44/h9,11-13,17-18,22-23,25,27,29,31H,7-8,10,14-16,19-21H2,1-6H3,(H,46,53)(H,47,50)(H,48,52)/b11-9-/t22-,23+,25?,27+,29-,31-,39+/m0/s1. The largest absolute Gasteiger partial charge is 0.481 e. The number of alkyl carbamates (subject to hydrolysis) is 1. The van der Waals surface area contributed by atoms with Crippen LogP contribution < -0.4 is 24.8 Å². The van der Waals surface area contributed by atoms with Crippen molar-refractivity contribution in [1.29, 1.82) is 0 Å². The lowest BCUT2D eigenvalue weighted by Crippen LogP contribution is -2.60. The number of pyridine rings is 1. The molecule has 0 radical (unpaired) electrons. The van der Waals surface area contributed by atoms with E-state index in [1.54, 1.807) is 13.0 Å². The molecule has 14 nitrogen and oxygen atoms in total. The summed E-state index contributed by atoms with van der Waals surface area (Å²) in [6.07, 6.45) is -1.42. The lowest BCUT2D eigenvalue weighted by molar-refractivity contribution is -0.244. The highest BCUT2D eigenvalue weighted by molar-refractivity contribution is 7.91. The molecule has 6 rings (SSSR count). The van der Waals surface area contributed by atoms with Crippen molar-refractivity contribution >= 4 is 44.6 Å². The van der Waals surface area contributed by atoms with E-state index >= 15 is 0 Å². The SMILES string of the molecule is CC[C@@H]1C[C@@H](C)CC/C=C\C2C[C@@]2(C(=O)NS(=O)(=O)C2(C)CC2)NC(=O)[C@@H]2C[C@@H](Oc3nc(OC)cc4cc(F)ccc34)CN2C(=O)[C@H]1NC(=O)OC(C)(C)C(F)(F)F. The van der Waals surface area contributed by atoms with Crippen molar-refractivity contribution in [2.75, 3.05) is 13.7 Å². The second kappa shape index (κ2) is 16.1.